The molecule has 1 aromatic rings. The predicted octanol–water partition coefficient (Wildman–Crippen LogP) is 2.53. The van der Waals surface area contributed by atoms with E-state index in [4.69, 9.17) is 4.74 Å². The Morgan fingerprint density at radius 1 is 1.16 bits per heavy atom. The smallest absolute Gasteiger partial charge is 0.327 e. The van der Waals surface area contributed by atoms with Crippen molar-refractivity contribution in [3.8, 4) is 0 Å². The van der Waals surface area contributed by atoms with Crippen molar-refractivity contribution < 1.29 is 23.9 Å². The number of hydrogen-bond donors (Lipinski definition) is 2. The second-order valence-corrected chi connectivity index (χ2v) is 8.64. The van der Waals surface area contributed by atoms with Gasteiger partial charge in [0.05, 0.1) is 0 Å². The number of benzene rings is 1. The van der Waals surface area contributed by atoms with Crippen LogP contribution < -0.4 is 10.6 Å². The van der Waals surface area contributed by atoms with Crippen LogP contribution in [-0.4, -0.2) is 47.4 Å². The second kappa shape index (κ2) is 9.49. The van der Waals surface area contributed by atoms with Crippen molar-refractivity contribution in [2.45, 2.75) is 77.0 Å². The van der Waals surface area contributed by atoms with Crippen LogP contribution in [0.2, 0.25) is 0 Å². The van der Waals surface area contributed by atoms with Crippen LogP contribution in [0.4, 0.5) is 4.79 Å². The monoisotopic (exact) mass is 429 g/mol. The van der Waals surface area contributed by atoms with Crippen molar-refractivity contribution in [1.29, 1.82) is 0 Å². The van der Waals surface area contributed by atoms with Crippen LogP contribution in [0.3, 0.4) is 0 Å². The van der Waals surface area contributed by atoms with Gasteiger partial charge in [0.1, 0.15) is 12.1 Å². The van der Waals surface area contributed by atoms with Gasteiger partial charge in [-0.3, -0.25) is 19.3 Å². The predicted molar refractivity (Wildman–Crippen MR) is 114 cm³/mol. The van der Waals surface area contributed by atoms with Crippen molar-refractivity contribution in [1.82, 2.24) is 15.5 Å². The quantitative estimate of drug-likeness (QED) is 0.411. The van der Waals surface area contributed by atoms with Crippen molar-refractivity contribution in [2.24, 2.45) is 0 Å². The second-order valence-electron chi connectivity index (χ2n) is 8.64. The van der Waals surface area contributed by atoms with E-state index in [9.17, 15) is 19.2 Å². The van der Waals surface area contributed by atoms with Crippen LogP contribution in [0.25, 0.3) is 0 Å². The van der Waals surface area contributed by atoms with Crippen LogP contribution in [0.5, 0.6) is 0 Å². The summed E-state index contributed by atoms with van der Waals surface area (Å²) < 4.78 is 5.21. The Hall–Kier alpha value is -2.90. The van der Waals surface area contributed by atoms with Crippen LogP contribution in [0, 0.1) is 6.92 Å². The minimum atomic E-state index is -1.26. The fraction of sp³-hybridized carbons (Fsp3) is 0.565. The molecule has 31 heavy (non-hydrogen) atoms. The molecular formula is C23H31N3O5. The zero-order valence-electron chi connectivity index (χ0n) is 18.4. The van der Waals surface area contributed by atoms with E-state index in [1.165, 1.54) is 19.8 Å². The number of aryl methyl sites for hydroxylation is 1. The third-order valence-electron chi connectivity index (χ3n) is 6.07. The number of esters is 1. The molecule has 8 nitrogen and oxygen atoms in total. The Morgan fingerprint density at radius 3 is 2.39 bits per heavy atom. The molecule has 2 fully saturated rings. The molecule has 4 amide bonds. The van der Waals surface area contributed by atoms with E-state index in [1.54, 1.807) is 19.1 Å². The average Bonchev–Trinajstić information content (AvgIpc) is 2.90. The largest absolute Gasteiger partial charge is 0.451 e. The maximum atomic E-state index is 12.9. The number of hydrogen-bond acceptors (Lipinski definition) is 5. The van der Waals surface area contributed by atoms with Crippen molar-refractivity contribution in [3.05, 3.63) is 35.4 Å². The molecule has 0 aromatic heterocycles. The maximum absolute atomic E-state index is 12.9. The zero-order chi connectivity index (χ0) is 22.6. The van der Waals surface area contributed by atoms with Gasteiger partial charge in [0, 0.05) is 6.04 Å². The van der Waals surface area contributed by atoms with Crippen LogP contribution in [0.1, 0.15) is 63.5 Å². The zero-order valence-corrected chi connectivity index (χ0v) is 18.4. The van der Waals surface area contributed by atoms with E-state index in [0.717, 1.165) is 36.1 Å². The molecule has 2 N–H and O–H groups in total. The lowest BCUT2D eigenvalue weighted by Crippen LogP contribution is -2.44. The molecule has 168 valence electrons. The highest BCUT2D eigenvalue weighted by Crippen LogP contribution is 2.29. The third kappa shape index (κ3) is 5.24. The van der Waals surface area contributed by atoms with Gasteiger partial charge in [0.2, 0.25) is 0 Å². The Labute approximate surface area is 182 Å². The highest BCUT2D eigenvalue weighted by atomic mass is 16.5. The van der Waals surface area contributed by atoms with Crippen LogP contribution >= 0.6 is 0 Å². The first kappa shape index (κ1) is 22.8. The number of urea groups is 1. The van der Waals surface area contributed by atoms with Gasteiger partial charge in [-0.05, 0) is 39.2 Å². The number of nitrogens with zero attached hydrogens (tertiary/aromatic N) is 1. The molecule has 8 heteroatoms. The minimum absolute atomic E-state index is 0.0947. The molecule has 1 saturated carbocycles. The number of rotatable bonds is 6. The highest BCUT2D eigenvalue weighted by Gasteiger charge is 2.49. The first-order valence-corrected chi connectivity index (χ1v) is 10.9. The van der Waals surface area contributed by atoms with Crippen LogP contribution in [0.15, 0.2) is 24.3 Å². The molecule has 3 rings (SSSR count). The Morgan fingerprint density at radius 2 is 1.77 bits per heavy atom. The number of imide groups is 1. The summed E-state index contributed by atoms with van der Waals surface area (Å²) in [5, 5.41) is 5.60. The summed E-state index contributed by atoms with van der Waals surface area (Å²) in [5.74, 6) is -1.70. The van der Waals surface area contributed by atoms with E-state index in [1.807, 2.05) is 19.1 Å². The van der Waals surface area contributed by atoms with Gasteiger partial charge in [-0.1, -0.05) is 55.5 Å². The van der Waals surface area contributed by atoms with E-state index >= 15 is 0 Å². The molecule has 1 aliphatic heterocycles. The van der Waals surface area contributed by atoms with E-state index in [2.05, 4.69) is 10.6 Å². The third-order valence-corrected chi connectivity index (χ3v) is 6.07. The summed E-state index contributed by atoms with van der Waals surface area (Å²) in [6.45, 7) is 4.47. The number of carbonyl (C=O) groups excluding carboxylic acids is 4. The van der Waals surface area contributed by atoms with Gasteiger partial charge < -0.3 is 15.4 Å². The Balaban J connectivity index is 1.57. The van der Waals surface area contributed by atoms with E-state index in [-0.39, 0.29) is 11.9 Å². The molecule has 1 saturated heterocycles. The van der Waals surface area contributed by atoms with Crippen LogP contribution in [-0.2, 0) is 24.7 Å². The summed E-state index contributed by atoms with van der Waals surface area (Å²) in [5.41, 5.74) is 0.400. The summed E-state index contributed by atoms with van der Waals surface area (Å²) in [6.07, 6.45) is 5.34. The minimum Gasteiger partial charge on any atom is -0.451 e. The molecule has 2 atom stereocenters. The first-order chi connectivity index (χ1) is 14.7. The molecule has 0 spiro atoms. The Bertz CT molecular complexity index is 845. The molecule has 1 aromatic carbocycles. The molecular weight excluding hydrogens is 398 g/mol. The summed E-state index contributed by atoms with van der Waals surface area (Å²) in [6, 6.07) is 6.68. The molecule has 0 unspecified atom stereocenters. The molecule has 1 aliphatic carbocycles. The fourth-order valence-electron chi connectivity index (χ4n) is 4.08. The molecule has 1 heterocycles. The average molecular weight is 430 g/mol. The summed E-state index contributed by atoms with van der Waals surface area (Å²) in [4.78, 5) is 50.9. The van der Waals surface area contributed by atoms with Gasteiger partial charge in [-0.2, -0.15) is 0 Å². The lowest BCUT2D eigenvalue weighted by Gasteiger charge is -2.22. The number of ether oxygens (including phenoxy) is 1. The number of nitrogens with one attached hydrogen (secondary N) is 2. The first-order valence-electron chi connectivity index (χ1n) is 10.9. The van der Waals surface area contributed by atoms with E-state index < -0.39 is 36.1 Å². The van der Waals surface area contributed by atoms with Gasteiger partial charge in [0.25, 0.3) is 11.8 Å². The van der Waals surface area contributed by atoms with Crippen molar-refractivity contribution in [2.75, 3.05) is 6.54 Å². The van der Waals surface area contributed by atoms with Gasteiger partial charge in [0.15, 0.2) is 6.10 Å². The summed E-state index contributed by atoms with van der Waals surface area (Å²) in [7, 11) is 0. The SMILES string of the molecule is Cc1ccc([C@@]2(C)NC(=O)N(CC(=O)O[C@@H](C)C(=O)NC3CCCCCC3)C2=O)cc1. The standard InChI is InChI=1S/C23H31N3O5/c1-15-10-12-17(13-11-15)23(3)21(29)26(22(30)25-23)14-19(27)31-16(2)20(28)24-18-8-6-4-5-7-9-18/h10-13,16,18H,4-9,14H2,1-3H3,(H,24,28)(H,25,30)/t16-,23+/m0/s1. The van der Waals surface area contributed by atoms with Gasteiger partial charge in [-0.25, -0.2) is 4.79 Å². The Kier molecular flexibility index (Phi) is 6.97. The van der Waals surface area contributed by atoms with Crippen molar-refractivity contribution >= 4 is 23.8 Å². The maximum Gasteiger partial charge on any atom is 0.327 e. The van der Waals surface area contributed by atoms with E-state index in [0.29, 0.717) is 5.56 Å². The summed E-state index contributed by atoms with van der Waals surface area (Å²) >= 11 is 0. The molecule has 0 radical (unpaired) electrons. The highest BCUT2D eigenvalue weighted by molar-refractivity contribution is 6.08. The molecule has 0 bridgehead atoms. The lowest BCUT2D eigenvalue weighted by molar-refractivity contribution is -0.156. The molecule has 2 aliphatic rings. The lowest BCUT2D eigenvalue weighted by atomic mass is 9.91. The van der Waals surface area contributed by atoms with Crippen molar-refractivity contribution in [3.63, 3.8) is 0 Å². The van der Waals surface area contributed by atoms with Gasteiger partial charge >= 0.3 is 12.0 Å². The van der Waals surface area contributed by atoms with Gasteiger partial charge in [-0.15, -0.1) is 0 Å². The number of amides is 4. The topological polar surface area (TPSA) is 105 Å². The number of carbonyl (C=O) groups is 4. The fourth-order valence-corrected chi connectivity index (χ4v) is 4.08. The normalized spacial score (nSPS) is 23.1.